The van der Waals surface area contributed by atoms with Crippen LogP contribution in [0.1, 0.15) is 18.4 Å². The van der Waals surface area contributed by atoms with Crippen LogP contribution >= 0.6 is 24.0 Å². The fourth-order valence-corrected chi connectivity index (χ4v) is 3.26. The van der Waals surface area contributed by atoms with E-state index in [0.717, 1.165) is 43.1 Å². The Kier molecular flexibility index (Phi) is 8.71. The monoisotopic (exact) mass is 497 g/mol. The van der Waals surface area contributed by atoms with Gasteiger partial charge >= 0.3 is 0 Å². The number of halogens is 1. The van der Waals surface area contributed by atoms with E-state index in [1.807, 2.05) is 29.1 Å². The number of nitrogens with zero attached hydrogens (tertiary/aromatic N) is 4. The number of nitrogens with two attached hydrogens (primary N) is 1. The summed E-state index contributed by atoms with van der Waals surface area (Å²) in [4.78, 5) is 17.4. The van der Waals surface area contributed by atoms with Crippen molar-refractivity contribution in [3.8, 4) is 5.69 Å². The minimum Gasteiger partial charge on any atom is -0.369 e. The largest absolute Gasteiger partial charge is 0.369 e. The van der Waals surface area contributed by atoms with Crippen LogP contribution in [0.15, 0.2) is 47.7 Å². The summed E-state index contributed by atoms with van der Waals surface area (Å²) in [6, 6.07) is 10.5. The zero-order chi connectivity index (χ0) is 19.1. The predicted octanol–water partition coefficient (Wildman–Crippen LogP) is 1.10. The van der Waals surface area contributed by atoms with Gasteiger partial charge in [0.25, 0.3) is 0 Å². The molecule has 3 rings (SSSR count). The summed E-state index contributed by atoms with van der Waals surface area (Å²) in [5, 5.41) is 11.1. The number of aliphatic imine (C=N–C) groups is 1. The van der Waals surface area contributed by atoms with Crippen molar-refractivity contribution in [3.63, 3.8) is 0 Å². The van der Waals surface area contributed by atoms with Gasteiger partial charge in [-0.05, 0) is 36.6 Å². The van der Waals surface area contributed by atoms with E-state index in [0.29, 0.717) is 19.1 Å². The van der Waals surface area contributed by atoms with Crippen LogP contribution in [0.4, 0.5) is 0 Å². The van der Waals surface area contributed by atoms with Crippen LogP contribution < -0.4 is 16.4 Å². The van der Waals surface area contributed by atoms with E-state index in [9.17, 15) is 4.79 Å². The van der Waals surface area contributed by atoms with Gasteiger partial charge in [0.2, 0.25) is 5.91 Å². The first-order valence-electron chi connectivity index (χ1n) is 9.21. The van der Waals surface area contributed by atoms with E-state index in [4.69, 9.17) is 5.73 Å². The fourth-order valence-electron chi connectivity index (χ4n) is 3.26. The standard InChI is InChI=1S/C19H27N7O.HI/c1-21-19(24-16-6-10-25(11-7-16)14-18(20)27)22-13-15-4-2-5-17(12-15)26-9-3-8-23-26;/h2-5,8-9,12,16H,6-7,10-11,13-14H2,1H3,(H2,20,27)(H2,21,22,24);1H. The number of benzene rings is 1. The Morgan fingerprint density at radius 2 is 2.11 bits per heavy atom. The lowest BCUT2D eigenvalue weighted by molar-refractivity contribution is -0.119. The number of hydrogen-bond acceptors (Lipinski definition) is 4. The second kappa shape index (κ2) is 11.0. The first-order chi connectivity index (χ1) is 13.1. The van der Waals surface area contributed by atoms with Gasteiger partial charge in [-0.1, -0.05) is 12.1 Å². The summed E-state index contributed by atoms with van der Waals surface area (Å²) in [5.41, 5.74) is 7.45. The second-order valence-electron chi connectivity index (χ2n) is 6.71. The highest BCUT2D eigenvalue weighted by molar-refractivity contribution is 14.0. The summed E-state index contributed by atoms with van der Waals surface area (Å²) >= 11 is 0. The molecule has 0 atom stereocenters. The Labute approximate surface area is 182 Å². The van der Waals surface area contributed by atoms with Crippen molar-refractivity contribution in [2.45, 2.75) is 25.4 Å². The average molecular weight is 497 g/mol. The number of carbonyl (C=O) groups excluding carboxylic acids is 1. The van der Waals surface area contributed by atoms with Crippen molar-refractivity contribution in [2.24, 2.45) is 10.7 Å². The van der Waals surface area contributed by atoms with E-state index in [1.165, 1.54) is 0 Å². The number of rotatable bonds is 6. The molecule has 9 heteroatoms. The first kappa shape index (κ1) is 22.2. The molecule has 4 N–H and O–H groups in total. The van der Waals surface area contributed by atoms with Crippen LogP contribution in [0.25, 0.3) is 5.69 Å². The molecule has 0 radical (unpaired) electrons. The molecule has 0 saturated carbocycles. The Hall–Kier alpha value is -2.14. The number of hydrogen-bond donors (Lipinski definition) is 3. The van der Waals surface area contributed by atoms with Crippen molar-refractivity contribution >= 4 is 35.8 Å². The fraction of sp³-hybridized carbons (Fsp3) is 0.421. The topological polar surface area (TPSA) is 101 Å². The van der Waals surface area contributed by atoms with E-state index < -0.39 is 0 Å². The van der Waals surface area contributed by atoms with E-state index in [-0.39, 0.29) is 29.9 Å². The number of amides is 1. The highest BCUT2D eigenvalue weighted by Gasteiger charge is 2.20. The van der Waals surface area contributed by atoms with Crippen molar-refractivity contribution in [3.05, 3.63) is 48.3 Å². The summed E-state index contributed by atoms with van der Waals surface area (Å²) in [7, 11) is 1.78. The summed E-state index contributed by atoms with van der Waals surface area (Å²) < 4.78 is 1.84. The number of nitrogens with one attached hydrogen (secondary N) is 2. The molecular formula is C19H28IN7O. The van der Waals surface area contributed by atoms with Crippen LogP contribution in [0.5, 0.6) is 0 Å². The van der Waals surface area contributed by atoms with Gasteiger partial charge in [-0.25, -0.2) is 4.68 Å². The minimum absolute atomic E-state index is 0. The number of piperidine rings is 1. The SMILES string of the molecule is CN=C(NCc1cccc(-n2cccn2)c1)NC1CCN(CC(N)=O)CC1.I. The number of guanidine groups is 1. The molecule has 0 bridgehead atoms. The smallest absolute Gasteiger partial charge is 0.231 e. The zero-order valence-corrected chi connectivity index (χ0v) is 18.4. The molecular weight excluding hydrogens is 469 g/mol. The normalized spacial score (nSPS) is 15.7. The molecule has 1 aliphatic heterocycles. The van der Waals surface area contributed by atoms with E-state index in [1.54, 1.807) is 13.2 Å². The van der Waals surface area contributed by atoms with Gasteiger partial charge in [0.05, 0.1) is 12.2 Å². The lowest BCUT2D eigenvalue weighted by Crippen LogP contribution is -2.49. The number of likely N-dealkylation sites (tertiary alicyclic amines) is 1. The van der Waals surface area contributed by atoms with E-state index in [2.05, 4.69) is 37.8 Å². The number of carbonyl (C=O) groups is 1. The number of primary amides is 1. The molecule has 1 aromatic heterocycles. The van der Waals surface area contributed by atoms with Gasteiger partial charge < -0.3 is 16.4 Å². The highest BCUT2D eigenvalue weighted by atomic mass is 127. The first-order valence-corrected chi connectivity index (χ1v) is 9.21. The Bertz CT molecular complexity index is 770. The Balaban J connectivity index is 0.00000280. The average Bonchev–Trinajstić information content (AvgIpc) is 3.21. The van der Waals surface area contributed by atoms with Crippen LogP contribution in [0.2, 0.25) is 0 Å². The van der Waals surface area contributed by atoms with E-state index >= 15 is 0 Å². The Morgan fingerprint density at radius 3 is 2.75 bits per heavy atom. The lowest BCUT2D eigenvalue weighted by atomic mass is 10.1. The van der Waals surface area contributed by atoms with Crippen LogP contribution in [-0.2, 0) is 11.3 Å². The third-order valence-electron chi connectivity index (χ3n) is 4.67. The third-order valence-corrected chi connectivity index (χ3v) is 4.67. The molecule has 2 heterocycles. The molecule has 1 aliphatic rings. The molecule has 1 fully saturated rings. The van der Waals surface area contributed by atoms with Gasteiger partial charge in [0.1, 0.15) is 0 Å². The molecule has 1 aromatic carbocycles. The van der Waals surface area contributed by atoms with Crippen LogP contribution in [0.3, 0.4) is 0 Å². The van der Waals surface area contributed by atoms with Crippen LogP contribution in [-0.4, -0.2) is 59.3 Å². The molecule has 2 aromatic rings. The predicted molar refractivity (Wildman–Crippen MR) is 121 cm³/mol. The van der Waals surface area contributed by atoms with Crippen LogP contribution in [0, 0.1) is 0 Å². The summed E-state index contributed by atoms with van der Waals surface area (Å²) in [6.07, 6.45) is 5.62. The van der Waals surface area contributed by atoms with Crippen molar-refractivity contribution in [2.75, 3.05) is 26.7 Å². The molecule has 0 aliphatic carbocycles. The molecule has 8 nitrogen and oxygen atoms in total. The maximum Gasteiger partial charge on any atom is 0.231 e. The Morgan fingerprint density at radius 1 is 1.32 bits per heavy atom. The van der Waals surface area contributed by atoms with Gasteiger partial charge in [0.15, 0.2) is 5.96 Å². The molecule has 0 spiro atoms. The van der Waals surface area contributed by atoms with Gasteiger partial charge in [-0.3, -0.25) is 14.7 Å². The van der Waals surface area contributed by atoms with Gasteiger partial charge in [0, 0.05) is 45.1 Å². The summed E-state index contributed by atoms with van der Waals surface area (Å²) in [5.74, 6) is 0.518. The van der Waals surface area contributed by atoms with Crippen molar-refractivity contribution < 1.29 is 4.79 Å². The third kappa shape index (κ3) is 6.48. The molecule has 1 amide bonds. The maximum atomic E-state index is 11.0. The quantitative estimate of drug-likeness (QED) is 0.316. The maximum absolute atomic E-state index is 11.0. The number of aromatic nitrogens is 2. The molecule has 0 unspecified atom stereocenters. The molecule has 1 saturated heterocycles. The molecule has 28 heavy (non-hydrogen) atoms. The highest BCUT2D eigenvalue weighted by Crippen LogP contribution is 2.11. The second-order valence-corrected chi connectivity index (χ2v) is 6.71. The molecule has 152 valence electrons. The summed E-state index contributed by atoms with van der Waals surface area (Å²) in [6.45, 7) is 2.74. The van der Waals surface area contributed by atoms with Gasteiger partial charge in [-0.15, -0.1) is 24.0 Å². The van der Waals surface area contributed by atoms with Gasteiger partial charge in [-0.2, -0.15) is 5.10 Å². The lowest BCUT2D eigenvalue weighted by Gasteiger charge is -2.32. The zero-order valence-electron chi connectivity index (χ0n) is 16.0. The minimum atomic E-state index is -0.267. The van der Waals surface area contributed by atoms with Crippen molar-refractivity contribution in [1.82, 2.24) is 25.3 Å². The van der Waals surface area contributed by atoms with Crippen molar-refractivity contribution in [1.29, 1.82) is 0 Å².